The first-order valence-corrected chi connectivity index (χ1v) is 6.61. The van der Waals surface area contributed by atoms with Gasteiger partial charge in [-0.1, -0.05) is 15.9 Å². The third-order valence-corrected chi connectivity index (χ3v) is 3.60. The molecular formula is C12H15BrN2O3. The number of ether oxygens (including phenoxy) is 1. The predicted octanol–water partition coefficient (Wildman–Crippen LogP) is 3.34. The van der Waals surface area contributed by atoms with Crippen molar-refractivity contribution in [2.24, 2.45) is 0 Å². The summed E-state index contributed by atoms with van der Waals surface area (Å²) in [5, 5.41) is 14.0. The molecule has 1 N–H and O–H groups in total. The molecular weight excluding hydrogens is 300 g/mol. The average Bonchev–Trinajstić information content (AvgIpc) is 2.74. The van der Waals surface area contributed by atoms with Gasteiger partial charge in [-0.15, -0.1) is 0 Å². The fourth-order valence-electron chi connectivity index (χ4n) is 2.07. The highest BCUT2D eigenvalue weighted by atomic mass is 79.9. The lowest BCUT2D eigenvalue weighted by atomic mass is 10.0. The van der Waals surface area contributed by atoms with Crippen LogP contribution in [-0.2, 0) is 4.74 Å². The Morgan fingerprint density at radius 3 is 3.00 bits per heavy atom. The summed E-state index contributed by atoms with van der Waals surface area (Å²) in [6, 6.07) is 4.87. The fraction of sp³-hybridized carbons (Fsp3) is 0.500. The molecule has 2 rings (SSSR count). The van der Waals surface area contributed by atoms with E-state index in [4.69, 9.17) is 4.74 Å². The predicted molar refractivity (Wildman–Crippen MR) is 72.9 cm³/mol. The standard InChI is InChI=1S/C12H15BrN2O3/c1-12(5-2-6-18-12)8-14-10-7-9(13)3-4-11(10)15(16)17/h3-4,7,14H,2,5-6,8H2,1H3. The zero-order valence-electron chi connectivity index (χ0n) is 10.1. The number of hydrogen-bond donors (Lipinski definition) is 1. The highest BCUT2D eigenvalue weighted by Crippen LogP contribution is 2.30. The molecule has 1 unspecified atom stereocenters. The molecule has 1 aliphatic rings. The maximum Gasteiger partial charge on any atom is 0.292 e. The van der Waals surface area contributed by atoms with Crippen molar-refractivity contribution in [3.63, 3.8) is 0 Å². The van der Waals surface area contributed by atoms with E-state index in [0.717, 1.165) is 23.9 Å². The summed E-state index contributed by atoms with van der Waals surface area (Å²) >= 11 is 3.32. The van der Waals surface area contributed by atoms with Crippen LogP contribution in [0.2, 0.25) is 0 Å². The quantitative estimate of drug-likeness (QED) is 0.684. The molecule has 98 valence electrons. The van der Waals surface area contributed by atoms with Crippen LogP contribution in [0.4, 0.5) is 11.4 Å². The highest BCUT2D eigenvalue weighted by molar-refractivity contribution is 9.10. The topological polar surface area (TPSA) is 64.4 Å². The Bertz CT molecular complexity index is 459. The molecule has 1 aliphatic heterocycles. The fourth-order valence-corrected chi connectivity index (χ4v) is 2.43. The van der Waals surface area contributed by atoms with Gasteiger partial charge < -0.3 is 10.1 Å². The Morgan fingerprint density at radius 1 is 1.61 bits per heavy atom. The van der Waals surface area contributed by atoms with Crippen LogP contribution in [-0.4, -0.2) is 23.7 Å². The second-order valence-electron chi connectivity index (χ2n) is 4.67. The van der Waals surface area contributed by atoms with Crippen LogP contribution in [0.15, 0.2) is 22.7 Å². The van der Waals surface area contributed by atoms with Crippen molar-refractivity contribution in [1.82, 2.24) is 0 Å². The summed E-state index contributed by atoms with van der Waals surface area (Å²) < 4.78 is 6.46. The molecule has 1 fully saturated rings. The minimum absolute atomic E-state index is 0.0831. The van der Waals surface area contributed by atoms with E-state index in [1.54, 1.807) is 12.1 Å². The zero-order valence-corrected chi connectivity index (χ0v) is 11.7. The molecule has 1 aromatic carbocycles. The Hall–Kier alpha value is -1.14. The van der Waals surface area contributed by atoms with Crippen molar-refractivity contribution in [3.05, 3.63) is 32.8 Å². The van der Waals surface area contributed by atoms with E-state index >= 15 is 0 Å². The first kappa shape index (κ1) is 13.3. The van der Waals surface area contributed by atoms with Gasteiger partial charge in [0.1, 0.15) is 5.69 Å². The number of nitrogens with zero attached hydrogens (tertiary/aromatic N) is 1. The second kappa shape index (κ2) is 5.24. The van der Waals surface area contributed by atoms with Crippen molar-refractivity contribution >= 4 is 27.3 Å². The monoisotopic (exact) mass is 314 g/mol. The van der Waals surface area contributed by atoms with Crippen LogP contribution in [0, 0.1) is 10.1 Å². The molecule has 0 saturated carbocycles. The Kier molecular flexibility index (Phi) is 3.87. The van der Waals surface area contributed by atoms with Gasteiger partial charge in [-0.05, 0) is 31.9 Å². The maximum atomic E-state index is 10.9. The van der Waals surface area contributed by atoms with Crippen molar-refractivity contribution in [2.45, 2.75) is 25.4 Å². The molecule has 0 aliphatic carbocycles. The van der Waals surface area contributed by atoms with E-state index in [9.17, 15) is 10.1 Å². The summed E-state index contributed by atoms with van der Waals surface area (Å²) in [5.41, 5.74) is 0.377. The van der Waals surface area contributed by atoms with Gasteiger partial charge in [-0.25, -0.2) is 0 Å². The third-order valence-electron chi connectivity index (χ3n) is 3.11. The average molecular weight is 315 g/mol. The third kappa shape index (κ3) is 3.00. The molecule has 0 radical (unpaired) electrons. The van der Waals surface area contributed by atoms with Crippen LogP contribution >= 0.6 is 15.9 Å². The summed E-state index contributed by atoms with van der Waals surface area (Å²) in [4.78, 5) is 10.5. The number of hydrogen-bond acceptors (Lipinski definition) is 4. The molecule has 1 saturated heterocycles. The number of nitro benzene ring substituents is 1. The molecule has 0 bridgehead atoms. The smallest absolute Gasteiger partial charge is 0.292 e. The van der Waals surface area contributed by atoms with Crippen LogP contribution in [0.3, 0.4) is 0 Å². The first-order valence-electron chi connectivity index (χ1n) is 5.82. The van der Waals surface area contributed by atoms with Crippen molar-refractivity contribution in [1.29, 1.82) is 0 Å². The van der Waals surface area contributed by atoms with Crippen LogP contribution < -0.4 is 5.32 Å². The normalized spacial score (nSPS) is 23.0. The molecule has 0 amide bonds. The van der Waals surface area contributed by atoms with Crippen molar-refractivity contribution in [2.75, 3.05) is 18.5 Å². The number of nitro groups is 1. The summed E-state index contributed by atoms with van der Waals surface area (Å²) in [6.07, 6.45) is 2.01. The zero-order chi connectivity index (χ0) is 13.2. The maximum absolute atomic E-state index is 10.9. The molecule has 6 heteroatoms. The Labute approximate surface area is 114 Å². The van der Waals surface area contributed by atoms with Crippen LogP contribution in [0.5, 0.6) is 0 Å². The van der Waals surface area contributed by atoms with Crippen molar-refractivity contribution < 1.29 is 9.66 Å². The van der Waals surface area contributed by atoms with E-state index in [2.05, 4.69) is 21.2 Å². The molecule has 1 aromatic rings. The molecule has 1 atom stereocenters. The minimum Gasteiger partial charge on any atom is -0.377 e. The lowest BCUT2D eigenvalue weighted by Gasteiger charge is -2.23. The van der Waals surface area contributed by atoms with Gasteiger partial charge in [-0.2, -0.15) is 0 Å². The number of nitrogens with one attached hydrogen (secondary N) is 1. The molecule has 0 aromatic heterocycles. The summed E-state index contributed by atoms with van der Waals surface area (Å²) in [5.74, 6) is 0. The van der Waals surface area contributed by atoms with Gasteiger partial charge in [0.25, 0.3) is 5.69 Å². The van der Waals surface area contributed by atoms with Gasteiger partial charge in [0.15, 0.2) is 0 Å². The van der Waals surface area contributed by atoms with Crippen LogP contribution in [0.25, 0.3) is 0 Å². The summed E-state index contributed by atoms with van der Waals surface area (Å²) in [6.45, 7) is 3.36. The van der Waals surface area contributed by atoms with Crippen LogP contribution in [0.1, 0.15) is 19.8 Å². The molecule has 1 heterocycles. The Balaban J connectivity index is 2.12. The largest absolute Gasteiger partial charge is 0.377 e. The van der Waals surface area contributed by atoms with Gasteiger partial charge in [-0.3, -0.25) is 10.1 Å². The number of halogens is 1. The number of rotatable bonds is 4. The second-order valence-corrected chi connectivity index (χ2v) is 5.59. The van der Waals surface area contributed by atoms with E-state index in [-0.39, 0.29) is 16.2 Å². The van der Waals surface area contributed by atoms with E-state index < -0.39 is 0 Å². The minimum atomic E-state index is -0.382. The van der Waals surface area contributed by atoms with Crippen molar-refractivity contribution in [3.8, 4) is 0 Å². The van der Waals surface area contributed by atoms with E-state index in [1.807, 2.05) is 6.92 Å². The van der Waals surface area contributed by atoms with E-state index in [1.165, 1.54) is 6.07 Å². The highest BCUT2D eigenvalue weighted by Gasteiger charge is 2.30. The van der Waals surface area contributed by atoms with Gasteiger partial charge >= 0.3 is 0 Å². The number of benzene rings is 1. The van der Waals surface area contributed by atoms with Gasteiger partial charge in [0, 0.05) is 23.7 Å². The van der Waals surface area contributed by atoms with Gasteiger partial charge in [0.2, 0.25) is 0 Å². The summed E-state index contributed by atoms with van der Waals surface area (Å²) in [7, 11) is 0. The Morgan fingerprint density at radius 2 is 2.39 bits per heavy atom. The van der Waals surface area contributed by atoms with Gasteiger partial charge in [0.05, 0.1) is 10.5 Å². The number of anilines is 1. The molecule has 18 heavy (non-hydrogen) atoms. The SMILES string of the molecule is CC1(CNc2cc(Br)ccc2[N+](=O)[O-])CCCO1. The lowest BCUT2D eigenvalue weighted by molar-refractivity contribution is -0.384. The first-order chi connectivity index (χ1) is 8.50. The molecule has 0 spiro atoms. The molecule has 5 nitrogen and oxygen atoms in total. The lowest BCUT2D eigenvalue weighted by Crippen LogP contribution is -2.32. The van der Waals surface area contributed by atoms with E-state index in [0.29, 0.717) is 12.2 Å².